The van der Waals surface area contributed by atoms with Crippen LogP contribution in [-0.4, -0.2) is 25.4 Å². The van der Waals surface area contributed by atoms with Crippen molar-refractivity contribution in [2.45, 2.75) is 16.2 Å². The van der Waals surface area contributed by atoms with Gasteiger partial charge in [0, 0.05) is 19.0 Å². The number of carboxylic acids is 1. The molecule has 0 unspecified atom stereocenters. The Kier molecular flexibility index (Phi) is 4.05. The predicted octanol–water partition coefficient (Wildman–Crippen LogP) is 1.99. The minimum atomic E-state index is -4.59. The third-order valence-electron chi connectivity index (χ3n) is 2.83. The van der Waals surface area contributed by atoms with Crippen LogP contribution in [0, 0.1) is 0 Å². The van der Waals surface area contributed by atoms with E-state index in [4.69, 9.17) is 5.11 Å². The first-order valence-electron chi connectivity index (χ1n) is 5.83. The van der Waals surface area contributed by atoms with Gasteiger partial charge in [-0.15, -0.1) is 5.10 Å². The number of benzene rings is 1. The van der Waals surface area contributed by atoms with Crippen LogP contribution in [0.15, 0.2) is 33.0 Å². The van der Waals surface area contributed by atoms with Gasteiger partial charge in [-0.1, -0.05) is 0 Å². The van der Waals surface area contributed by atoms with Crippen LogP contribution >= 0.6 is 11.8 Å². The summed E-state index contributed by atoms with van der Waals surface area (Å²) in [6.07, 6.45) is -4.59. The minimum Gasteiger partial charge on any atom is -0.478 e. The Bertz CT molecular complexity index is 795. The van der Waals surface area contributed by atoms with Crippen molar-refractivity contribution in [3.63, 3.8) is 0 Å². The molecule has 0 fully saturated rings. The molecule has 2 rings (SSSR count). The van der Waals surface area contributed by atoms with Gasteiger partial charge in [-0.2, -0.15) is 13.2 Å². The summed E-state index contributed by atoms with van der Waals surface area (Å²) in [5.41, 5.74) is -1.73. The second-order valence-corrected chi connectivity index (χ2v) is 5.37. The van der Waals surface area contributed by atoms with E-state index in [1.807, 2.05) is 0 Å². The van der Waals surface area contributed by atoms with Gasteiger partial charge in [0.15, 0.2) is 5.16 Å². The molecular weight excluding hydrogens is 323 g/mol. The number of aryl methyl sites for hydroxylation is 1. The molecular formula is C12H10F3N3O3S. The topological polar surface area (TPSA) is 77.1 Å². The third kappa shape index (κ3) is 3.01. The average Bonchev–Trinajstić information content (AvgIpc) is 2.65. The summed E-state index contributed by atoms with van der Waals surface area (Å²) in [6.45, 7) is 0. The Morgan fingerprint density at radius 2 is 1.95 bits per heavy atom. The van der Waals surface area contributed by atoms with E-state index in [0.29, 0.717) is 17.8 Å². The maximum atomic E-state index is 12.8. The van der Waals surface area contributed by atoms with E-state index >= 15 is 0 Å². The van der Waals surface area contributed by atoms with E-state index in [1.165, 1.54) is 14.1 Å². The van der Waals surface area contributed by atoms with Crippen molar-refractivity contribution in [3.8, 4) is 0 Å². The second kappa shape index (κ2) is 5.52. The van der Waals surface area contributed by atoms with Crippen molar-refractivity contribution < 1.29 is 23.1 Å². The largest absolute Gasteiger partial charge is 0.478 e. The molecule has 0 atom stereocenters. The quantitative estimate of drug-likeness (QED) is 0.929. The molecule has 2 aromatic rings. The molecule has 1 heterocycles. The van der Waals surface area contributed by atoms with E-state index in [-0.39, 0.29) is 15.6 Å². The highest BCUT2D eigenvalue weighted by molar-refractivity contribution is 7.99. The molecule has 6 nitrogen and oxygen atoms in total. The molecule has 1 N–H and O–H groups in total. The van der Waals surface area contributed by atoms with Crippen LogP contribution < -0.4 is 5.69 Å². The Balaban J connectivity index is 2.54. The van der Waals surface area contributed by atoms with Gasteiger partial charge in [0.2, 0.25) is 0 Å². The third-order valence-corrected chi connectivity index (χ3v) is 3.92. The second-order valence-electron chi connectivity index (χ2n) is 4.36. The van der Waals surface area contributed by atoms with Gasteiger partial charge < -0.3 is 5.11 Å². The van der Waals surface area contributed by atoms with Gasteiger partial charge in [0.25, 0.3) is 0 Å². The van der Waals surface area contributed by atoms with Crippen molar-refractivity contribution >= 4 is 17.7 Å². The lowest BCUT2D eigenvalue weighted by Crippen LogP contribution is -2.20. The minimum absolute atomic E-state index is 0.0920. The van der Waals surface area contributed by atoms with Crippen LogP contribution in [0.25, 0.3) is 0 Å². The fraction of sp³-hybridized carbons (Fsp3) is 0.250. The molecule has 0 aliphatic heterocycles. The van der Waals surface area contributed by atoms with E-state index in [9.17, 15) is 22.8 Å². The fourth-order valence-electron chi connectivity index (χ4n) is 1.68. The number of aromatic nitrogens is 3. The Morgan fingerprint density at radius 3 is 2.41 bits per heavy atom. The summed E-state index contributed by atoms with van der Waals surface area (Å²) in [6, 6.07) is 2.31. The summed E-state index contributed by atoms with van der Waals surface area (Å²) >= 11 is 0.685. The number of halogens is 3. The van der Waals surface area contributed by atoms with Crippen molar-refractivity contribution in [1.82, 2.24) is 14.3 Å². The first-order valence-corrected chi connectivity index (χ1v) is 6.65. The molecule has 0 amide bonds. The summed E-state index contributed by atoms with van der Waals surface area (Å²) in [4.78, 5) is 22.6. The Hall–Kier alpha value is -2.23. The number of hydrogen-bond donors (Lipinski definition) is 1. The van der Waals surface area contributed by atoms with Crippen LogP contribution in [0.3, 0.4) is 0 Å². The van der Waals surface area contributed by atoms with Crippen LogP contribution in [-0.2, 0) is 20.3 Å². The summed E-state index contributed by atoms with van der Waals surface area (Å²) < 4.78 is 40.4. The lowest BCUT2D eigenvalue weighted by Gasteiger charge is -2.10. The smallest absolute Gasteiger partial charge is 0.416 e. The maximum Gasteiger partial charge on any atom is 0.416 e. The lowest BCUT2D eigenvalue weighted by atomic mass is 10.1. The first kappa shape index (κ1) is 16.1. The highest BCUT2D eigenvalue weighted by Gasteiger charge is 2.32. The molecule has 1 aromatic carbocycles. The van der Waals surface area contributed by atoms with Crippen molar-refractivity contribution in [3.05, 3.63) is 39.8 Å². The Labute approximate surface area is 126 Å². The normalized spacial score (nSPS) is 11.7. The summed E-state index contributed by atoms with van der Waals surface area (Å²) in [5, 5.41) is 13.0. The summed E-state index contributed by atoms with van der Waals surface area (Å²) in [7, 11) is 2.78. The highest BCUT2D eigenvalue weighted by atomic mass is 32.2. The van der Waals surface area contributed by atoms with Gasteiger partial charge in [-0.3, -0.25) is 4.57 Å². The van der Waals surface area contributed by atoms with Gasteiger partial charge in [-0.25, -0.2) is 14.3 Å². The zero-order valence-electron chi connectivity index (χ0n) is 11.4. The number of carboxylic acid groups (broad SMARTS) is 1. The standard InChI is InChI=1S/C12H10F3N3O3S/c1-17-10(16-18(2)11(17)21)22-8-5-6(12(13,14)15)3-4-7(8)9(19)20/h3-5H,1-2H3,(H,19,20). The van der Waals surface area contributed by atoms with Gasteiger partial charge in [0.05, 0.1) is 11.1 Å². The van der Waals surface area contributed by atoms with E-state index in [1.54, 1.807) is 0 Å². The molecule has 0 radical (unpaired) electrons. The summed E-state index contributed by atoms with van der Waals surface area (Å²) in [5.74, 6) is -1.36. The monoisotopic (exact) mass is 333 g/mol. The Morgan fingerprint density at radius 1 is 1.32 bits per heavy atom. The molecule has 0 aliphatic carbocycles. The molecule has 0 saturated heterocycles. The van der Waals surface area contributed by atoms with Gasteiger partial charge in [-0.05, 0) is 30.0 Å². The van der Waals surface area contributed by atoms with Gasteiger partial charge >= 0.3 is 17.8 Å². The predicted molar refractivity (Wildman–Crippen MR) is 71.0 cm³/mol. The number of alkyl halides is 3. The van der Waals surface area contributed by atoms with Crippen LogP contribution in [0.5, 0.6) is 0 Å². The zero-order valence-corrected chi connectivity index (χ0v) is 12.2. The number of nitrogens with zero attached hydrogens (tertiary/aromatic N) is 3. The van der Waals surface area contributed by atoms with Crippen LogP contribution in [0.1, 0.15) is 15.9 Å². The van der Waals surface area contributed by atoms with E-state index in [0.717, 1.165) is 21.4 Å². The number of carbonyl (C=O) groups is 1. The number of aromatic carboxylic acids is 1. The molecule has 10 heteroatoms. The highest BCUT2D eigenvalue weighted by Crippen LogP contribution is 2.35. The number of rotatable bonds is 3. The first-order chi connectivity index (χ1) is 10.1. The molecule has 118 valence electrons. The maximum absolute atomic E-state index is 12.8. The van der Waals surface area contributed by atoms with Crippen LogP contribution in [0.2, 0.25) is 0 Å². The molecule has 0 aliphatic rings. The van der Waals surface area contributed by atoms with Crippen molar-refractivity contribution in [2.24, 2.45) is 14.1 Å². The molecule has 0 spiro atoms. The fourth-order valence-corrected chi connectivity index (χ4v) is 2.71. The van der Waals surface area contributed by atoms with E-state index < -0.39 is 23.4 Å². The molecule has 1 aromatic heterocycles. The van der Waals surface area contributed by atoms with Crippen molar-refractivity contribution in [2.75, 3.05) is 0 Å². The molecule has 0 saturated carbocycles. The zero-order chi connectivity index (χ0) is 16.7. The SMILES string of the molecule is Cn1nc(Sc2cc(C(F)(F)F)ccc2C(=O)O)n(C)c1=O. The average molecular weight is 333 g/mol. The number of hydrogen-bond acceptors (Lipinski definition) is 4. The van der Waals surface area contributed by atoms with Crippen LogP contribution in [0.4, 0.5) is 13.2 Å². The van der Waals surface area contributed by atoms with Gasteiger partial charge in [0.1, 0.15) is 0 Å². The molecule has 0 bridgehead atoms. The lowest BCUT2D eigenvalue weighted by molar-refractivity contribution is -0.137. The van der Waals surface area contributed by atoms with Crippen molar-refractivity contribution in [1.29, 1.82) is 0 Å². The van der Waals surface area contributed by atoms with E-state index in [2.05, 4.69) is 5.10 Å². The molecule has 22 heavy (non-hydrogen) atoms.